The maximum atomic E-state index is 12.7. The number of benzene rings is 1. The summed E-state index contributed by atoms with van der Waals surface area (Å²) in [6, 6.07) is 5.22. The van der Waals surface area contributed by atoms with E-state index in [4.69, 9.17) is 0 Å². The van der Waals surface area contributed by atoms with E-state index in [0.717, 1.165) is 11.3 Å². The second-order valence-electron chi connectivity index (χ2n) is 6.00. The van der Waals surface area contributed by atoms with E-state index >= 15 is 0 Å². The first-order valence-electron chi connectivity index (χ1n) is 7.19. The van der Waals surface area contributed by atoms with Gasteiger partial charge in [0.2, 0.25) is 10.0 Å². The van der Waals surface area contributed by atoms with Crippen LogP contribution < -0.4 is 4.90 Å². The third-order valence-corrected chi connectivity index (χ3v) is 6.03. The molecule has 21 heavy (non-hydrogen) atoms. The minimum Gasteiger partial charge on any atom is -0.393 e. The average molecular weight is 312 g/mol. The minimum absolute atomic E-state index is 0.0264. The van der Waals surface area contributed by atoms with E-state index in [0.29, 0.717) is 24.4 Å². The summed E-state index contributed by atoms with van der Waals surface area (Å²) in [5.41, 5.74) is 1.95. The Labute approximate surface area is 127 Å². The van der Waals surface area contributed by atoms with Crippen LogP contribution in [0.5, 0.6) is 0 Å². The fraction of sp³-hybridized carbons (Fsp3) is 0.600. The second-order valence-corrected chi connectivity index (χ2v) is 7.93. The first-order valence-corrected chi connectivity index (χ1v) is 8.63. The largest absolute Gasteiger partial charge is 0.393 e. The molecule has 1 saturated heterocycles. The lowest BCUT2D eigenvalue weighted by molar-refractivity contribution is 0.133. The van der Waals surface area contributed by atoms with Gasteiger partial charge in [0.05, 0.1) is 11.0 Å². The van der Waals surface area contributed by atoms with Crippen molar-refractivity contribution in [3.63, 3.8) is 0 Å². The van der Waals surface area contributed by atoms with Gasteiger partial charge in [-0.1, -0.05) is 6.07 Å². The number of aryl methyl sites for hydroxylation is 1. The van der Waals surface area contributed by atoms with Crippen LogP contribution in [0.15, 0.2) is 23.1 Å². The molecule has 0 amide bonds. The van der Waals surface area contributed by atoms with E-state index in [-0.39, 0.29) is 5.92 Å². The van der Waals surface area contributed by atoms with E-state index in [1.54, 1.807) is 19.1 Å². The fourth-order valence-electron chi connectivity index (χ4n) is 2.75. The Kier molecular flexibility index (Phi) is 4.60. The maximum absolute atomic E-state index is 12.7. The predicted molar refractivity (Wildman–Crippen MR) is 84.1 cm³/mol. The molecule has 1 aliphatic rings. The van der Waals surface area contributed by atoms with Crippen molar-refractivity contribution in [2.45, 2.75) is 31.3 Å². The lowest BCUT2D eigenvalue weighted by Gasteiger charge is -2.20. The number of sulfonamides is 1. The highest BCUT2D eigenvalue weighted by Crippen LogP contribution is 2.29. The molecule has 1 fully saturated rings. The Morgan fingerprint density at radius 1 is 1.38 bits per heavy atom. The van der Waals surface area contributed by atoms with Crippen LogP contribution in [0.1, 0.15) is 18.9 Å². The van der Waals surface area contributed by atoms with Gasteiger partial charge < -0.3 is 10.0 Å². The lowest BCUT2D eigenvalue weighted by atomic mass is 10.0. The first-order chi connectivity index (χ1) is 9.73. The smallest absolute Gasteiger partial charge is 0.243 e. The Hall–Kier alpha value is -1.11. The molecule has 118 valence electrons. The Balaban J connectivity index is 2.31. The van der Waals surface area contributed by atoms with Crippen molar-refractivity contribution < 1.29 is 13.5 Å². The van der Waals surface area contributed by atoms with Crippen molar-refractivity contribution in [1.82, 2.24) is 4.31 Å². The van der Waals surface area contributed by atoms with Gasteiger partial charge >= 0.3 is 0 Å². The van der Waals surface area contributed by atoms with E-state index in [2.05, 4.69) is 0 Å². The van der Waals surface area contributed by atoms with Gasteiger partial charge in [-0.15, -0.1) is 0 Å². The Morgan fingerprint density at radius 2 is 2.05 bits per heavy atom. The van der Waals surface area contributed by atoms with Crippen molar-refractivity contribution in [3.8, 4) is 0 Å². The zero-order chi connectivity index (χ0) is 15.8. The van der Waals surface area contributed by atoms with Gasteiger partial charge in [-0.25, -0.2) is 8.42 Å². The van der Waals surface area contributed by atoms with Crippen molar-refractivity contribution in [2.75, 3.05) is 32.1 Å². The van der Waals surface area contributed by atoms with Gasteiger partial charge in [-0.05, 0) is 43.9 Å². The number of aliphatic hydroxyl groups excluding tert-OH is 1. The van der Waals surface area contributed by atoms with Crippen LogP contribution in [0.4, 0.5) is 5.69 Å². The molecule has 2 unspecified atom stereocenters. The van der Waals surface area contributed by atoms with Crippen LogP contribution in [0.2, 0.25) is 0 Å². The molecule has 6 heteroatoms. The molecule has 0 spiro atoms. The van der Waals surface area contributed by atoms with Gasteiger partial charge in [0.15, 0.2) is 0 Å². The minimum atomic E-state index is -3.48. The SMILES string of the molecule is Cc1ccc(S(=O)(=O)N2CCC(C(C)O)C2)cc1N(C)C. The third-order valence-electron chi connectivity index (χ3n) is 4.17. The van der Waals surface area contributed by atoms with Gasteiger partial charge in [-0.2, -0.15) is 4.31 Å². The van der Waals surface area contributed by atoms with Crippen LogP contribution in [-0.2, 0) is 10.0 Å². The van der Waals surface area contributed by atoms with Gasteiger partial charge in [-0.3, -0.25) is 0 Å². The molecule has 0 saturated carbocycles. The summed E-state index contributed by atoms with van der Waals surface area (Å²) in [6.07, 6.45) is 0.240. The molecule has 1 heterocycles. The van der Waals surface area contributed by atoms with Crippen molar-refractivity contribution >= 4 is 15.7 Å². The van der Waals surface area contributed by atoms with E-state index in [1.807, 2.05) is 32.0 Å². The molecule has 0 aromatic heterocycles. The summed E-state index contributed by atoms with van der Waals surface area (Å²) >= 11 is 0. The van der Waals surface area contributed by atoms with Crippen LogP contribution >= 0.6 is 0 Å². The molecular weight excluding hydrogens is 288 g/mol. The zero-order valence-electron chi connectivity index (χ0n) is 13.1. The monoisotopic (exact) mass is 312 g/mol. The maximum Gasteiger partial charge on any atom is 0.243 e. The summed E-state index contributed by atoms with van der Waals surface area (Å²) in [5.74, 6) is 0.0264. The van der Waals surface area contributed by atoms with Gasteiger partial charge in [0.1, 0.15) is 0 Å². The summed E-state index contributed by atoms with van der Waals surface area (Å²) in [4.78, 5) is 2.24. The highest BCUT2D eigenvalue weighted by atomic mass is 32.2. The highest BCUT2D eigenvalue weighted by Gasteiger charge is 2.34. The standard InChI is InChI=1S/C15H24N2O3S/c1-11-5-6-14(9-15(11)16(3)4)21(19,20)17-8-7-13(10-17)12(2)18/h5-6,9,12-13,18H,7-8,10H2,1-4H3. The Bertz CT molecular complexity index is 611. The highest BCUT2D eigenvalue weighted by molar-refractivity contribution is 7.89. The van der Waals surface area contributed by atoms with E-state index in [1.165, 1.54) is 4.31 Å². The summed E-state index contributed by atoms with van der Waals surface area (Å²) in [5, 5.41) is 9.63. The van der Waals surface area contributed by atoms with Crippen LogP contribution in [0.25, 0.3) is 0 Å². The number of aliphatic hydroxyl groups is 1. The molecule has 2 rings (SSSR count). The van der Waals surface area contributed by atoms with Crippen LogP contribution in [-0.4, -0.2) is 51.1 Å². The molecule has 2 atom stereocenters. The Morgan fingerprint density at radius 3 is 2.57 bits per heavy atom. The van der Waals surface area contributed by atoms with Crippen LogP contribution in [0.3, 0.4) is 0 Å². The van der Waals surface area contributed by atoms with Crippen LogP contribution in [0, 0.1) is 12.8 Å². The average Bonchev–Trinajstić information content (AvgIpc) is 2.89. The normalized spacial score (nSPS) is 21.5. The summed E-state index contributed by atoms with van der Waals surface area (Å²) in [7, 11) is 0.319. The molecule has 1 aromatic rings. The summed E-state index contributed by atoms with van der Waals surface area (Å²) < 4.78 is 26.9. The molecule has 0 bridgehead atoms. The topological polar surface area (TPSA) is 60.9 Å². The fourth-order valence-corrected chi connectivity index (χ4v) is 4.28. The molecule has 1 aromatic carbocycles. The van der Waals surface area contributed by atoms with Crippen molar-refractivity contribution in [3.05, 3.63) is 23.8 Å². The van der Waals surface area contributed by atoms with Crippen molar-refractivity contribution in [1.29, 1.82) is 0 Å². The molecule has 0 aliphatic carbocycles. The number of hydrogen-bond acceptors (Lipinski definition) is 4. The lowest BCUT2D eigenvalue weighted by Crippen LogP contribution is -2.30. The van der Waals surface area contributed by atoms with E-state index in [9.17, 15) is 13.5 Å². The van der Waals surface area contributed by atoms with E-state index < -0.39 is 16.1 Å². The number of nitrogens with zero attached hydrogens (tertiary/aromatic N) is 2. The zero-order valence-corrected chi connectivity index (χ0v) is 13.9. The second kappa shape index (κ2) is 5.94. The van der Waals surface area contributed by atoms with Crippen molar-refractivity contribution in [2.24, 2.45) is 5.92 Å². The molecule has 1 N–H and O–H groups in total. The molecule has 1 aliphatic heterocycles. The number of anilines is 1. The number of rotatable bonds is 4. The van der Waals surface area contributed by atoms with Gasteiger partial charge in [0.25, 0.3) is 0 Å². The predicted octanol–water partition coefficient (Wildman–Crippen LogP) is 1.45. The number of hydrogen-bond donors (Lipinski definition) is 1. The first kappa shape index (κ1) is 16.3. The molecular formula is C15H24N2O3S. The molecule has 5 nitrogen and oxygen atoms in total. The quantitative estimate of drug-likeness (QED) is 0.914. The van der Waals surface area contributed by atoms with Gasteiger partial charge in [0, 0.05) is 32.9 Å². The third kappa shape index (κ3) is 3.22. The summed E-state index contributed by atoms with van der Waals surface area (Å²) in [6.45, 7) is 4.55. The molecule has 0 radical (unpaired) electrons.